The predicted octanol–water partition coefficient (Wildman–Crippen LogP) is 3.45. The minimum Gasteiger partial charge on any atom is -0.338 e. The molecule has 1 N–H and O–H groups in total. The van der Waals surface area contributed by atoms with E-state index in [1.54, 1.807) is 25.1 Å². The second kappa shape index (κ2) is 4.20. The first-order chi connectivity index (χ1) is 9.16. The van der Waals surface area contributed by atoms with Crippen molar-refractivity contribution in [3.63, 3.8) is 0 Å². The molecule has 3 aromatic rings. The number of rotatable bonds is 2. The molecule has 0 atom stereocenters. The monoisotopic (exact) mass is 253 g/mol. The SMILES string of the molecule is Cc1cccc(-c2nc3ccccc3[nH]2)c1[N+](=O)[O-]. The van der Waals surface area contributed by atoms with Crippen molar-refractivity contribution in [3.05, 3.63) is 58.1 Å². The molecule has 0 aliphatic heterocycles. The van der Waals surface area contributed by atoms with Gasteiger partial charge in [0.25, 0.3) is 5.69 Å². The summed E-state index contributed by atoms with van der Waals surface area (Å²) < 4.78 is 0. The average molecular weight is 253 g/mol. The maximum absolute atomic E-state index is 11.2. The fraction of sp³-hybridized carbons (Fsp3) is 0.0714. The summed E-state index contributed by atoms with van der Waals surface area (Å²) in [6.45, 7) is 1.73. The highest BCUT2D eigenvalue weighted by Crippen LogP contribution is 2.31. The second-order valence-corrected chi connectivity index (χ2v) is 4.33. The third-order valence-electron chi connectivity index (χ3n) is 3.06. The van der Waals surface area contributed by atoms with Crippen LogP contribution in [0.2, 0.25) is 0 Å². The Kier molecular flexibility index (Phi) is 2.52. The summed E-state index contributed by atoms with van der Waals surface area (Å²) in [7, 11) is 0. The van der Waals surface area contributed by atoms with Gasteiger partial charge in [-0.2, -0.15) is 0 Å². The molecule has 0 amide bonds. The van der Waals surface area contributed by atoms with Crippen LogP contribution in [0.3, 0.4) is 0 Å². The topological polar surface area (TPSA) is 71.8 Å². The lowest BCUT2D eigenvalue weighted by Crippen LogP contribution is -1.95. The van der Waals surface area contributed by atoms with Gasteiger partial charge in [-0.25, -0.2) is 4.98 Å². The van der Waals surface area contributed by atoms with E-state index in [1.807, 2.05) is 24.3 Å². The average Bonchev–Trinajstić information content (AvgIpc) is 2.81. The molecular weight excluding hydrogens is 242 g/mol. The number of fused-ring (bicyclic) bond motifs is 1. The molecule has 0 saturated carbocycles. The number of nitrogens with one attached hydrogen (secondary N) is 1. The van der Waals surface area contributed by atoms with Gasteiger partial charge in [0.15, 0.2) is 0 Å². The molecule has 5 heteroatoms. The second-order valence-electron chi connectivity index (χ2n) is 4.33. The molecule has 1 heterocycles. The first kappa shape index (κ1) is 11.4. The first-order valence-corrected chi connectivity index (χ1v) is 5.86. The number of para-hydroxylation sites is 3. The number of nitro groups is 1. The summed E-state index contributed by atoms with van der Waals surface area (Å²) in [5.41, 5.74) is 2.91. The Labute approximate surface area is 109 Å². The van der Waals surface area contributed by atoms with E-state index in [0.29, 0.717) is 17.0 Å². The molecule has 3 rings (SSSR count). The van der Waals surface area contributed by atoms with E-state index in [2.05, 4.69) is 9.97 Å². The first-order valence-electron chi connectivity index (χ1n) is 5.86. The lowest BCUT2D eigenvalue weighted by molar-refractivity contribution is -0.384. The molecule has 0 fully saturated rings. The van der Waals surface area contributed by atoms with Gasteiger partial charge in [0.1, 0.15) is 5.82 Å². The van der Waals surface area contributed by atoms with Crippen molar-refractivity contribution in [2.24, 2.45) is 0 Å². The lowest BCUT2D eigenvalue weighted by Gasteiger charge is -2.02. The normalized spacial score (nSPS) is 10.8. The quantitative estimate of drug-likeness (QED) is 0.561. The molecule has 5 nitrogen and oxygen atoms in total. The van der Waals surface area contributed by atoms with Crippen molar-refractivity contribution >= 4 is 16.7 Å². The van der Waals surface area contributed by atoms with Crippen molar-refractivity contribution < 1.29 is 4.92 Å². The molecule has 1 aromatic heterocycles. The number of nitro benzene ring substituents is 1. The Balaban J connectivity index is 2.27. The number of aromatic nitrogens is 2. The smallest absolute Gasteiger partial charge is 0.283 e. The van der Waals surface area contributed by atoms with Crippen molar-refractivity contribution in [1.29, 1.82) is 0 Å². The fourth-order valence-electron chi connectivity index (χ4n) is 2.17. The maximum atomic E-state index is 11.2. The van der Waals surface area contributed by atoms with Crippen LogP contribution < -0.4 is 0 Å². The zero-order valence-electron chi connectivity index (χ0n) is 10.3. The zero-order valence-corrected chi connectivity index (χ0v) is 10.3. The number of aryl methyl sites for hydroxylation is 1. The number of H-pyrrole nitrogens is 1. The molecule has 94 valence electrons. The van der Waals surface area contributed by atoms with E-state index in [-0.39, 0.29) is 10.6 Å². The van der Waals surface area contributed by atoms with E-state index >= 15 is 0 Å². The van der Waals surface area contributed by atoms with Crippen molar-refractivity contribution in [1.82, 2.24) is 9.97 Å². The van der Waals surface area contributed by atoms with Gasteiger partial charge in [0, 0.05) is 5.56 Å². The van der Waals surface area contributed by atoms with Gasteiger partial charge in [-0.05, 0) is 25.1 Å². The Morgan fingerprint density at radius 2 is 1.95 bits per heavy atom. The summed E-state index contributed by atoms with van der Waals surface area (Å²) in [5, 5.41) is 11.2. The highest BCUT2D eigenvalue weighted by Gasteiger charge is 2.20. The maximum Gasteiger partial charge on any atom is 0.283 e. The molecule has 19 heavy (non-hydrogen) atoms. The van der Waals surface area contributed by atoms with Crippen LogP contribution in [0, 0.1) is 17.0 Å². The van der Waals surface area contributed by atoms with Crippen molar-refractivity contribution in [2.75, 3.05) is 0 Å². The van der Waals surface area contributed by atoms with Gasteiger partial charge in [-0.3, -0.25) is 10.1 Å². The molecule has 0 aliphatic rings. The number of imidazole rings is 1. The Hall–Kier alpha value is -2.69. The zero-order chi connectivity index (χ0) is 13.4. The lowest BCUT2D eigenvalue weighted by atomic mass is 10.1. The molecule has 0 spiro atoms. The van der Waals surface area contributed by atoms with Gasteiger partial charge >= 0.3 is 0 Å². The fourth-order valence-corrected chi connectivity index (χ4v) is 2.17. The van der Waals surface area contributed by atoms with Crippen LogP contribution in [0.1, 0.15) is 5.56 Å². The Morgan fingerprint density at radius 1 is 1.16 bits per heavy atom. The number of hydrogen-bond acceptors (Lipinski definition) is 3. The van der Waals surface area contributed by atoms with Gasteiger partial charge in [0.05, 0.1) is 21.5 Å². The molecule has 0 bridgehead atoms. The molecule has 0 unspecified atom stereocenters. The third-order valence-corrected chi connectivity index (χ3v) is 3.06. The minimum absolute atomic E-state index is 0.0987. The standard InChI is InChI=1S/C14H11N3O2/c1-9-5-4-6-10(13(9)17(18)19)14-15-11-7-2-3-8-12(11)16-14/h2-8H,1H3,(H,15,16). The molecule has 0 radical (unpaired) electrons. The van der Waals surface area contributed by atoms with Crippen LogP contribution in [0.4, 0.5) is 5.69 Å². The highest BCUT2D eigenvalue weighted by atomic mass is 16.6. The highest BCUT2D eigenvalue weighted by molar-refractivity contribution is 5.81. The summed E-state index contributed by atoms with van der Waals surface area (Å²) in [5.74, 6) is 0.525. The number of hydrogen-bond donors (Lipinski definition) is 1. The van der Waals surface area contributed by atoms with E-state index in [0.717, 1.165) is 11.0 Å². The molecular formula is C14H11N3O2. The number of benzene rings is 2. The van der Waals surface area contributed by atoms with Crippen molar-refractivity contribution in [3.8, 4) is 11.4 Å². The van der Waals surface area contributed by atoms with Gasteiger partial charge in [-0.15, -0.1) is 0 Å². The van der Waals surface area contributed by atoms with E-state index < -0.39 is 0 Å². The van der Waals surface area contributed by atoms with Crippen LogP contribution >= 0.6 is 0 Å². The molecule has 0 saturated heterocycles. The van der Waals surface area contributed by atoms with Gasteiger partial charge in [0.2, 0.25) is 0 Å². The summed E-state index contributed by atoms with van der Waals surface area (Å²) in [6, 6.07) is 12.8. The predicted molar refractivity (Wildman–Crippen MR) is 72.9 cm³/mol. The Bertz CT molecular complexity index is 744. The van der Waals surface area contributed by atoms with E-state index in [4.69, 9.17) is 0 Å². The third kappa shape index (κ3) is 1.85. The summed E-state index contributed by atoms with van der Waals surface area (Å²) in [6.07, 6.45) is 0. The van der Waals surface area contributed by atoms with Gasteiger partial charge in [-0.1, -0.05) is 24.3 Å². The van der Waals surface area contributed by atoms with Crippen LogP contribution in [0.15, 0.2) is 42.5 Å². The molecule has 2 aromatic carbocycles. The molecule has 0 aliphatic carbocycles. The van der Waals surface area contributed by atoms with Crippen LogP contribution in [-0.2, 0) is 0 Å². The van der Waals surface area contributed by atoms with Crippen LogP contribution in [0.5, 0.6) is 0 Å². The van der Waals surface area contributed by atoms with E-state index in [1.165, 1.54) is 0 Å². The summed E-state index contributed by atoms with van der Waals surface area (Å²) >= 11 is 0. The minimum atomic E-state index is -0.363. The van der Waals surface area contributed by atoms with Crippen molar-refractivity contribution in [2.45, 2.75) is 6.92 Å². The van der Waals surface area contributed by atoms with E-state index in [9.17, 15) is 10.1 Å². The number of aromatic amines is 1. The van der Waals surface area contributed by atoms with Crippen LogP contribution in [-0.4, -0.2) is 14.9 Å². The van der Waals surface area contributed by atoms with Crippen LogP contribution in [0.25, 0.3) is 22.4 Å². The Morgan fingerprint density at radius 3 is 2.68 bits per heavy atom. The summed E-state index contributed by atoms with van der Waals surface area (Å²) in [4.78, 5) is 18.4. The largest absolute Gasteiger partial charge is 0.338 e. The number of nitrogens with zero attached hydrogens (tertiary/aromatic N) is 2. The van der Waals surface area contributed by atoms with Gasteiger partial charge < -0.3 is 4.98 Å².